The molecular formula is C21H18N8O. The van der Waals surface area contributed by atoms with Crippen molar-refractivity contribution in [3.8, 4) is 12.1 Å². The van der Waals surface area contributed by atoms with Crippen molar-refractivity contribution in [2.45, 2.75) is 18.8 Å². The van der Waals surface area contributed by atoms with Crippen molar-refractivity contribution in [1.29, 1.82) is 10.5 Å². The van der Waals surface area contributed by atoms with E-state index in [-0.39, 0.29) is 11.7 Å². The minimum absolute atomic E-state index is 0.0933. The topological polar surface area (TPSA) is 146 Å². The van der Waals surface area contributed by atoms with Crippen molar-refractivity contribution in [3.63, 3.8) is 0 Å². The maximum Gasteiger partial charge on any atom is 0.263 e. The second-order valence-corrected chi connectivity index (χ2v) is 6.36. The first kappa shape index (κ1) is 20.2. The van der Waals surface area contributed by atoms with E-state index in [0.717, 1.165) is 4.68 Å². The highest BCUT2D eigenvalue weighted by molar-refractivity contribution is 6.45. The highest BCUT2D eigenvalue weighted by Gasteiger charge is 2.32. The number of rotatable bonds is 7. The molecule has 3 rings (SSSR count). The number of nitrogen functional groups attached to an aromatic ring is 1. The number of nitriles is 2. The van der Waals surface area contributed by atoms with E-state index in [1.54, 1.807) is 67.6 Å². The van der Waals surface area contributed by atoms with Gasteiger partial charge in [-0.25, -0.2) is 10.1 Å². The van der Waals surface area contributed by atoms with Crippen LogP contribution in [0.5, 0.6) is 0 Å². The monoisotopic (exact) mass is 398 g/mol. The van der Waals surface area contributed by atoms with Gasteiger partial charge in [0.1, 0.15) is 17.5 Å². The van der Waals surface area contributed by atoms with Crippen molar-refractivity contribution < 1.29 is 4.79 Å². The number of ketones is 1. The molecule has 30 heavy (non-hydrogen) atoms. The summed E-state index contributed by atoms with van der Waals surface area (Å²) in [6.07, 6.45) is 0. The van der Waals surface area contributed by atoms with E-state index in [1.165, 1.54) is 0 Å². The Balaban J connectivity index is 2.05. The van der Waals surface area contributed by atoms with E-state index >= 15 is 0 Å². The van der Waals surface area contributed by atoms with Crippen LogP contribution < -0.4 is 11.3 Å². The molecule has 9 heteroatoms. The summed E-state index contributed by atoms with van der Waals surface area (Å²) in [5, 5.41) is 31.3. The number of aromatic nitrogens is 3. The molecule has 0 fully saturated rings. The maximum absolute atomic E-state index is 13.3. The van der Waals surface area contributed by atoms with Gasteiger partial charge in [-0.2, -0.15) is 15.6 Å². The molecule has 1 heterocycles. The van der Waals surface area contributed by atoms with E-state index in [1.807, 2.05) is 6.07 Å². The summed E-state index contributed by atoms with van der Waals surface area (Å²) in [4.78, 5) is 13.3. The fourth-order valence-electron chi connectivity index (χ4n) is 2.83. The molecule has 0 aliphatic rings. The summed E-state index contributed by atoms with van der Waals surface area (Å²) in [5.41, 5.74) is 3.56. The Morgan fingerprint density at radius 2 is 1.53 bits per heavy atom. The fraction of sp³-hybridized carbons (Fsp3) is 0.143. The number of hydrazone groups is 1. The van der Waals surface area contributed by atoms with E-state index in [2.05, 4.69) is 26.8 Å². The molecule has 2 aromatic carbocycles. The summed E-state index contributed by atoms with van der Waals surface area (Å²) in [6.45, 7) is 1.65. The van der Waals surface area contributed by atoms with Crippen LogP contribution in [0.4, 0.5) is 5.95 Å². The number of anilines is 1. The highest BCUT2D eigenvalue weighted by atomic mass is 16.1. The Morgan fingerprint density at radius 3 is 2.00 bits per heavy atom. The smallest absolute Gasteiger partial charge is 0.263 e. The van der Waals surface area contributed by atoms with Gasteiger partial charge in [-0.1, -0.05) is 60.7 Å². The number of nitrogens with one attached hydrogen (secondary N) is 1. The average molecular weight is 398 g/mol. The number of nitrogens with zero attached hydrogens (tertiary/aromatic N) is 6. The SMILES string of the molecule is Cc1nnc(N/N=C(\C(=O)[C@@H](C#N)c2ccccc2)[C@@H](C#N)c2ccccc2)n1N. The second kappa shape index (κ2) is 9.13. The molecule has 0 saturated carbocycles. The molecule has 2 atom stereocenters. The Hall–Kier alpha value is -4.50. The lowest BCUT2D eigenvalue weighted by atomic mass is 9.86. The zero-order valence-corrected chi connectivity index (χ0v) is 16.1. The maximum atomic E-state index is 13.3. The fourth-order valence-corrected chi connectivity index (χ4v) is 2.83. The molecule has 0 unspecified atom stereocenters. The Kier molecular flexibility index (Phi) is 6.16. The zero-order valence-electron chi connectivity index (χ0n) is 16.1. The number of carbonyl (C=O) groups is 1. The third-order valence-corrected chi connectivity index (χ3v) is 4.45. The molecule has 0 amide bonds. The third kappa shape index (κ3) is 4.16. The van der Waals surface area contributed by atoms with Gasteiger partial charge in [0.15, 0.2) is 5.82 Å². The number of aryl methyl sites for hydroxylation is 1. The number of Topliss-reactive ketones (excluding diaryl/α,β-unsaturated/α-hetero) is 1. The normalized spacial score (nSPS) is 13.0. The number of hydrogen-bond donors (Lipinski definition) is 2. The summed E-state index contributed by atoms with van der Waals surface area (Å²) < 4.78 is 1.16. The minimum atomic E-state index is -1.12. The van der Waals surface area contributed by atoms with Crippen molar-refractivity contribution in [1.82, 2.24) is 14.9 Å². The summed E-state index contributed by atoms with van der Waals surface area (Å²) in [5.74, 6) is 3.63. The summed E-state index contributed by atoms with van der Waals surface area (Å²) in [6, 6.07) is 21.5. The van der Waals surface area contributed by atoms with Gasteiger partial charge >= 0.3 is 0 Å². The number of hydrogen-bond acceptors (Lipinski definition) is 8. The third-order valence-electron chi connectivity index (χ3n) is 4.45. The number of carbonyl (C=O) groups excluding carboxylic acids is 1. The summed E-state index contributed by atoms with van der Waals surface area (Å²) >= 11 is 0. The Bertz CT molecular complexity index is 1140. The first-order chi connectivity index (χ1) is 14.6. The van der Waals surface area contributed by atoms with Gasteiger partial charge in [0.05, 0.1) is 12.1 Å². The van der Waals surface area contributed by atoms with Gasteiger partial charge in [-0.15, -0.1) is 10.2 Å². The molecular weight excluding hydrogens is 380 g/mol. The largest absolute Gasteiger partial charge is 0.335 e. The van der Waals surface area contributed by atoms with Crippen LogP contribution in [0.3, 0.4) is 0 Å². The first-order valence-corrected chi connectivity index (χ1v) is 9.00. The molecule has 9 nitrogen and oxygen atoms in total. The second-order valence-electron chi connectivity index (χ2n) is 6.36. The van der Waals surface area contributed by atoms with Crippen LogP contribution in [-0.4, -0.2) is 26.4 Å². The average Bonchev–Trinajstić information content (AvgIpc) is 3.10. The van der Waals surface area contributed by atoms with E-state index < -0.39 is 17.6 Å². The van der Waals surface area contributed by atoms with Gasteiger partial charge < -0.3 is 5.84 Å². The lowest BCUT2D eigenvalue weighted by Crippen LogP contribution is -2.28. The Morgan fingerprint density at radius 1 is 1.00 bits per heavy atom. The van der Waals surface area contributed by atoms with Crippen molar-refractivity contribution >= 4 is 17.4 Å². The molecule has 1 aromatic heterocycles. The van der Waals surface area contributed by atoms with Crippen LogP contribution >= 0.6 is 0 Å². The van der Waals surface area contributed by atoms with Crippen molar-refractivity contribution in [2.75, 3.05) is 11.3 Å². The molecule has 148 valence electrons. The van der Waals surface area contributed by atoms with Crippen LogP contribution in [-0.2, 0) is 4.79 Å². The van der Waals surface area contributed by atoms with Crippen molar-refractivity contribution in [3.05, 3.63) is 77.6 Å². The van der Waals surface area contributed by atoms with Crippen LogP contribution in [0.2, 0.25) is 0 Å². The highest BCUT2D eigenvalue weighted by Crippen LogP contribution is 2.24. The lowest BCUT2D eigenvalue weighted by molar-refractivity contribution is -0.113. The molecule has 0 aliphatic carbocycles. The van der Waals surface area contributed by atoms with Gasteiger partial charge in [0, 0.05) is 0 Å². The van der Waals surface area contributed by atoms with E-state index in [4.69, 9.17) is 5.84 Å². The minimum Gasteiger partial charge on any atom is -0.335 e. The predicted molar refractivity (Wildman–Crippen MR) is 111 cm³/mol. The van der Waals surface area contributed by atoms with Crippen LogP contribution in [0, 0.1) is 29.6 Å². The molecule has 0 spiro atoms. The standard InChI is InChI=1S/C21H18N8O/c1-14-25-27-21(29(14)24)28-26-19(17(12-22)15-8-4-2-5-9-15)20(30)18(13-23)16-10-6-3-7-11-16/h2-11,17-18H,24H2,1H3,(H,27,28)/b26-19-/t17-,18-/m0/s1. The van der Waals surface area contributed by atoms with Crippen LogP contribution in [0.25, 0.3) is 0 Å². The van der Waals surface area contributed by atoms with Crippen LogP contribution in [0.1, 0.15) is 28.8 Å². The molecule has 3 aromatic rings. The summed E-state index contributed by atoms with van der Waals surface area (Å²) in [7, 11) is 0. The van der Waals surface area contributed by atoms with Gasteiger partial charge in [-0.3, -0.25) is 4.79 Å². The van der Waals surface area contributed by atoms with E-state index in [0.29, 0.717) is 17.0 Å². The van der Waals surface area contributed by atoms with Crippen molar-refractivity contribution in [2.24, 2.45) is 5.10 Å². The van der Waals surface area contributed by atoms with Crippen LogP contribution in [0.15, 0.2) is 65.8 Å². The van der Waals surface area contributed by atoms with Gasteiger partial charge in [0.2, 0.25) is 5.78 Å². The van der Waals surface area contributed by atoms with E-state index in [9.17, 15) is 15.3 Å². The van der Waals surface area contributed by atoms with Gasteiger partial charge in [-0.05, 0) is 18.1 Å². The first-order valence-electron chi connectivity index (χ1n) is 9.00. The quantitative estimate of drug-likeness (QED) is 0.352. The predicted octanol–water partition coefficient (Wildman–Crippen LogP) is 2.25. The molecule has 0 saturated heterocycles. The molecule has 0 aliphatic heterocycles. The number of nitrogens with two attached hydrogens (primary N) is 1. The molecule has 3 N–H and O–H groups in total. The Labute approximate surface area is 173 Å². The lowest BCUT2D eigenvalue weighted by Gasteiger charge is -2.15. The number of benzene rings is 2. The molecule has 0 radical (unpaired) electrons. The zero-order chi connectivity index (χ0) is 21.5. The van der Waals surface area contributed by atoms with Gasteiger partial charge in [0.25, 0.3) is 5.95 Å². The molecule has 0 bridgehead atoms.